The van der Waals surface area contributed by atoms with Gasteiger partial charge in [-0.1, -0.05) is 48.5 Å². The molecule has 6 heteroatoms. The van der Waals surface area contributed by atoms with Crippen LogP contribution in [-0.4, -0.2) is 24.8 Å². The fourth-order valence-electron chi connectivity index (χ4n) is 5.15. The van der Waals surface area contributed by atoms with Crippen LogP contribution < -0.4 is 15.2 Å². The minimum atomic E-state index is -0.514. The van der Waals surface area contributed by atoms with E-state index in [4.69, 9.17) is 15.2 Å². The molecule has 2 aliphatic rings. The summed E-state index contributed by atoms with van der Waals surface area (Å²) >= 11 is 0. The first kappa shape index (κ1) is 22.5. The molecule has 1 aliphatic carbocycles. The largest absolute Gasteiger partial charge is 0.493 e. The van der Waals surface area contributed by atoms with Crippen molar-refractivity contribution in [2.24, 2.45) is 5.73 Å². The van der Waals surface area contributed by atoms with Gasteiger partial charge >= 0.3 is 0 Å². The Kier molecular flexibility index (Phi) is 5.92. The standard InChI is InChI=1S/C29H27N3O3/c1-32-23-11-6-12-24(33)28(23)27(22(16-30)29(32)31)19-13-14-25(26(15-19)34-2)35-17-20-9-5-8-18-7-3-4-10-21(18)20/h3-5,7-10,13-15,27H,6,11-12,17,31H2,1-2H3/t27-/m1/s1. The summed E-state index contributed by atoms with van der Waals surface area (Å²) in [7, 11) is 3.41. The molecule has 0 saturated heterocycles. The minimum absolute atomic E-state index is 0.0681. The highest BCUT2D eigenvalue weighted by Crippen LogP contribution is 2.45. The highest BCUT2D eigenvalue weighted by Gasteiger charge is 2.38. The number of methoxy groups -OCH3 is 1. The van der Waals surface area contributed by atoms with Gasteiger partial charge in [0.25, 0.3) is 0 Å². The SMILES string of the molecule is COc1cc([C@@H]2C(C#N)=C(N)N(C)C3=C2C(=O)CCC3)ccc1OCc1cccc2ccccc12. The zero-order chi connectivity index (χ0) is 24.5. The van der Waals surface area contributed by atoms with Crippen LogP contribution in [0.1, 0.15) is 36.3 Å². The minimum Gasteiger partial charge on any atom is -0.493 e. The first-order chi connectivity index (χ1) is 17.0. The van der Waals surface area contributed by atoms with Crippen LogP contribution in [0.2, 0.25) is 0 Å². The zero-order valence-electron chi connectivity index (χ0n) is 19.9. The van der Waals surface area contributed by atoms with Crippen molar-refractivity contribution < 1.29 is 14.3 Å². The lowest BCUT2D eigenvalue weighted by molar-refractivity contribution is -0.116. The molecule has 2 N–H and O–H groups in total. The number of nitrogens with two attached hydrogens (primary N) is 1. The first-order valence-electron chi connectivity index (χ1n) is 11.7. The number of hydrogen-bond donors (Lipinski definition) is 1. The average Bonchev–Trinajstić information content (AvgIpc) is 2.89. The molecule has 0 bridgehead atoms. The number of ether oxygens (including phenoxy) is 2. The smallest absolute Gasteiger partial charge is 0.161 e. The van der Waals surface area contributed by atoms with E-state index in [0.29, 0.717) is 41.5 Å². The molecule has 0 unspecified atom stereocenters. The Bertz CT molecular complexity index is 1430. The van der Waals surface area contributed by atoms with E-state index in [1.54, 1.807) is 12.0 Å². The first-order valence-corrected chi connectivity index (χ1v) is 11.7. The van der Waals surface area contributed by atoms with Crippen LogP contribution in [0.4, 0.5) is 0 Å². The van der Waals surface area contributed by atoms with Crippen molar-refractivity contribution in [1.82, 2.24) is 4.90 Å². The fourth-order valence-corrected chi connectivity index (χ4v) is 5.15. The Hall–Kier alpha value is -4.24. The molecule has 3 aromatic carbocycles. The van der Waals surface area contributed by atoms with E-state index in [1.807, 2.05) is 43.4 Å². The summed E-state index contributed by atoms with van der Waals surface area (Å²) in [5.41, 5.74) is 10.2. The molecule has 1 aliphatic heterocycles. The molecule has 1 heterocycles. The molecule has 6 nitrogen and oxygen atoms in total. The Labute approximate surface area is 204 Å². The van der Waals surface area contributed by atoms with Crippen molar-refractivity contribution in [2.75, 3.05) is 14.2 Å². The number of rotatable bonds is 5. The number of carbonyl (C=O) groups is 1. The number of ketones is 1. The Morgan fingerprint density at radius 2 is 1.89 bits per heavy atom. The van der Waals surface area contributed by atoms with Crippen LogP contribution in [-0.2, 0) is 11.4 Å². The van der Waals surface area contributed by atoms with E-state index in [1.165, 1.54) is 0 Å². The third-order valence-corrected chi connectivity index (χ3v) is 6.95. The zero-order valence-corrected chi connectivity index (χ0v) is 19.9. The van der Waals surface area contributed by atoms with E-state index < -0.39 is 5.92 Å². The van der Waals surface area contributed by atoms with Crippen molar-refractivity contribution in [2.45, 2.75) is 31.8 Å². The molecule has 0 aromatic heterocycles. The number of nitriles is 1. The summed E-state index contributed by atoms with van der Waals surface area (Å²) in [6, 6.07) is 22.2. The number of Topliss-reactive ketones (excluding diaryl/α,β-unsaturated/α-hetero) is 1. The fraction of sp³-hybridized carbons (Fsp3) is 0.241. The summed E-state index contributed by atoms with van der Waals surface area (Å²) in [5.74, 6) is 1.08. The second-order valence-corrected chi connectivity index (χ2v) is 8.88. The molecular weight excluding hydrogens is 438 g/mol. The Balaban J connectivity index is 1.50. The molecular formula is C29H27N3O3. The van der Waals surface area contributed by atoms with Crippen molar-refractivity contribution in [3.63, 3.8) is 0 Å². The summed E-state index contributed by atoms with van der Waals surface area (Å²) in [6.07, 6.45) is 2.02. The summed E-state index contributed by atoms with van der Waals surface area (Å²) < 4.78 is 11.8. The lowest BCUT2D eigenvalue weighted by atomic mass is 9.76. The number of fused-ring (bicyclic) bond motifs is 1. The summed E-state index contributed by atoms with van der Waals surface area (Å²) in [4.78, 5) is 14.8. The maximum Gasteiger partial charge on any atom is 0.161 e. The highest BCUT2D eigenvalue weighted by molar-refractivity contribution is 5.99. The van der Waals surface area contributed by atoms with Crippen LogP contribution in [0, 0.1) is 11.3 Å². The van der Waals surface area contributed by atoms with E-state index in [-0.39, 0.29) is 5.78 Å². The van der Waals surface area contributed by atoms with Gasteiger partial charge in [0.2, 0.25) is 0 Å². The van der Waals surface area contributed by atoms with Gasteiger partial charge in [-0.15, -0.1) is 0 Å². The van der Waals surface area contributed by atoms with E-state index >= 15 is 0 Å². The average molecular weight is 466 g/mol. The molecule has 5 rings (SSSR count). The quantitative estimate of drug-likeness (QED) is 0.560. The summed E-state index contributed by atoms with van der Waals surface area (Å²) in [6.45, 7) is 0.384. The molecule has 0 radical (unpaired) electrons. The van der Waals surface area contributed by atoms with Gasteiger partial charge in [0.1, 0.15) is 12.4 Å². The maximum absolute atomic E-state index is 13.0. The number of nitrogens with zero attached hydrogens (tertiary/aromatic N) is 2. The summed E-state index contributed by atoms with van der Waals surface area (Å²) in [5, 5.41) is 12.3. The van der Waals surface area contributed by atoms with Crippen molar-refractivity contribution in [3.8, 4) is 17.6 Å². The van der Waals surface area contributed by atoms with E-state index in [2.05, 4.69) is 30.3 Å². The van der Waals surface area contributed by atoms with Gasteiger partial charge < -0.3 is 20.1 Å². The molecule has 0 saturated carbocycles. The molecule has 3 aromatic rings. The highest BCUT2D eigenvalue weighted by atomic mass is 16.5. The van der Waals surface area contributed by atoms with Crippen LogP contribution in [0.15, 0.2) is 83.3 Å². The third kappa shape index (κ3) is 3.89. The van der Waals surface area contributed by atoms with Crippen molar-refractivity contribution in [1.29, 1.82) is 5.26 Å². The van der Waals surface area contributed by atoms with Gasteiger partial charge in [-0.25, -0.2) is 0 Å². The molecule has 35 heavy (non-hydrogen) atoms. The van der Waals surface area contributed by atoms with Crippen LogP contribution in [0.5, 0.6) is 11.5 Å². The van der Waals surface area contributed by atoms with Gasteiger partial charge in [0.05, 0.1) is 24.7 Å². The predicted molar refractivity (Wildman–Crippen MR) is 134 cm³/mol. The topological polar surface area (TPSA) is 88.6 Å². The number of hydrogen-bond acceptors (Lipinski definition) is 6. The monoisotopic (exact) mass is 465 g/mol. The third-order valence-electron chi connectivity index (χ3n) is 6.95. The number of allylic oxidation sites excluding steroid dienone is 3. The predicted octanol–water partition coefficient (Wildman–Crippen LogP) is 5.16. The lowest BCUT2D eigenvalue weighted by Gasteiger charge is -2.37. The molecule has 0 amide bonds. The van der Waals surface area contributed by atoms with Crippen molar-refractivity contribution in [3.05, 3.63) is 94.5 Å². The lowest BCUT2D eigenvalue weighted by Crippen LogP contribution is -2.36. The van der Waals surface area contributed by atoms with Crippen LogP contribution >= 0.6 is 0 Å². The molecule has 1 atom stereocenters. The molecule has 0 fully saturated rings. The van der Waals surface area contributed by atoms with Crippen LogP contribution in [0.3, 0.4) is 0 Å². The van der Waals surface area contributed by atoms with Crippen molar-refractivity contribution >= 4 is 16.6 Å². The Morgan fingerprint density at radius 3 is 2.69 bits per heavy atom. The second kappa shape index (κ2) is 9.19. The normalized spacial score (nSPS) is 17.9. The number of carbonyl (C=O) groups excluding carboxylic acids is 1. The number of benzene rings is 3. The van der Waals surface area contributed by atoms with Gasteiger partial charge in [-0.2, -0.15) is 5.26 Å². The van der Waals surface area contributed by atoms with Crippen LogP contribution in [0.25, 0.3) is 10.8 Å². The van der Waals surface area contributed by atoms with Gasteiger partial charge in [-0.05, 0) is 46.9 Å². The van der Waals surface area contributed by atoms with E-state index in [9.17, 15) is 10.1 Å². The second-order valence-electron chi connectivity index (χ2n) is 8.88. The maximum atomic E-state index is 13.0. The van der Waals surface area contributed by atoms with Gasteiger partial charge in [0, 0.05) is 24.7 Å². The van der Waals surface area contributed by atoms with E-state index in [0.717, 1.165) is 40.4 Å². The van der Waals surface area contributed by atoms with Gasteiger partial charge in [0.15, 0.2) is 17.3 Å². The van der Waals surface area contributed by atoms with Gasteiger partial charge in [-0.3, -0.25) is 4.79 Å². The molecule has 176 valence electrons. The molecule has 0 spiro atoms. The Morgan fingerprint density at radius 1 is 1.09 bits per heavy atom.